The number of aromatic nitrogens is 2. The Morgan fingerprint density at radius 2 is 2.00 bits per heavy atom. The van der Waals surface area contributed by atoms with Crippen LogP contribution in [0.1, 0.15) is 35.6 Å². The number of nitrogens with zero attached hydrogens (tertiary/aromatic N) is 3. The smallest absolute Gasteiger partial charge is 0.323 e. The van der Waals surface area contributed by atoms with Crippen molar-refractivity contribution in [2.75, 3.05) is 18.4 Å². The number of carbonyl (C=O) groups is 1. The Kier molecular flexibility index (Phi) is 4.92. The van der Waals surface area contributed by atoms with Crippen molar-refractivity contribution in [2.24, 2.45) is 0 Å². The molecule has 1 aliphatic rings. The fourth-order valence-corrected chi connectivity index (χ4v) is 3.00. The number of nitrogens with one attached hydrogen (secondary N) is 1. The number of benzene rings is 1. The third kappa shape index (κ3) is 3.92. The van der Waals surface area contributed by atoms with Crippen LogP contribution in [0.5, 0.6) is 0 Å². The van der Waals surface area contributed by atoms with E-state index in [0.29, 0.717) is 24.5 Å². The lowest BCUT2D eigenvalue weighted by Crippen LogP contribution is -2.41. The third-order valence-corrected chi connectivity index (χ3v) is 4.59. The fourth-order valence-electron chi connectivity index (χ4n) is 3.00. The second kappa shape index (κ2) is 7.13. The van der Waals surface area contributed by atoms with E-state index in [9.17, 15) is 13.6 Å². The van der Waals surface area contributed by atoms with Crippen molar-refractivity contribution in [3.63, 3.8) is 0 Å². The summed E-state index contributed by atoms with van der Waals surface area (Å²) in [4.78, 5) is 14.1. The summed E-state index contributed by atoms with van der Waals surface area (Å²) in [5.41, 5.74) is 2.47. The Bertz CT molecular complexity index is 797. The predicted molar refractivity (Wildman–Crippen MR) is 90.4 cm³/mol. The topological polar surface area (TPSA) is 58.1 Å². The lowest BCUT2D eigenvalue weighted by molar-refractivity contribution is 0.192. The molecule has 2 heterocycles. The van der Waals surface area contributed by atoms with Gasteiger partial charge >= 0.3 is 6.03 Å². The van der Waals surface area contributed by atoms with Crippen LogP contribution in [0, 0.1) is 25.5 Å². The largest absolute Gasteiger partial charge is 0.324 e. The molecule has 1 fully saturated rings. The standard InChI is InChI=1S/C18H20F2N4O/c1-11-8-17(23-22-12(11)2)21-18(25)24-7-3-4-14(10-24)13-5-6-15(19)16(20)9-13/h5-6,8-9,14H,3-4,7,10H2,1-2H3,(H,21,23,25). The first-order chi connectivity index (χ1) is 11.9. The number of urea groups is 1. The second-order valence-electron chi connectivity index (χ2n) is 6.39. The van der Waals surface area contributed by atoms with E-state index in [4.69, 9.17) is 0 Å². The summed E-state index contributed by atoms with van der Waals surface area (Å²) >= 11 is 0. The Morgan fingerprint density at radius 1 is 1.20 bits per heavy atom. The zero-order chi connectivity index (χ0) is 18.0. The molecule has 7 heteroatoms. The average molecular weight is 346 g/mol. The first-order valence-electron chi connectivity index (χ1n) is 8.26. The maximum Gasteiger partial charge on any atom is 0.323 e. The van der Waals surface area contributed by atoms with Crippen LogP contribution < -0.4 is 5.32 Å². The number of carbonyl (C=O) groups excluding carboxylic acids is 1. The van der Waals surface area contributed by atoms with Crippen LogP contribution >= 0.6 is 0 Å². The SMILES string of the molecule is Cc1cc(NC(=O)N2CCCC(c3ccc(F)c(F)c3)C2)nnc1C. The Labute approximate surface area is 145 Å². The van der Waals surface area contributed by atoms with Gasteiger partial charge in [-0.25, -0.2) is 13.6 Å². The van der Waals surface area contributed by atoms with Crippen molar-refractivity contribution >= 4 is 11.8 Å². The summed E-state index contributed by atoms with van der Waals surface area (Å²) in [5, 5.41) is 10.7. The minimum atomic E-state index is -0.859. The highest BCUT2D eigenvalue weighted by molar-refractivity contribution is 5.88. The number of hydrogen-bond donors (Lipinski definition) is 1. The van der Waals surface area contributed by atoms with Gasteiger partial charge in [0.15, 0.2) is 17.5 Å². The molecule has 0 spiro atoms. The van der Waals surface area contributed by atoms with Gasteiger partial charge in [0.1, 0.15) is 0 Å². The summed E-state index contributed by atoms with van der Waals surface area (Å²) in [7, 11) is 0. The number of anilines is 1. The monoisotopic (exact) mass is 346 g/mol. The molecule has 0 bridgehead atoms. The highest BCUT2D eigenvalue weighted by Gasteiger charge is 2.25. The lowest BCUT2D eigenvalue weighted by atomic mass is 9.90. The van der Waals surface area contributed by atoms with Gasteiger partial charge in [0.05, 0.1) is 5.69 Å². The van der Waals surface area contributed by atoms with Crippen LogP contribution in [0.25, 0.3) is 0 Å². The van der Waals surface area contributed by atoms with E-state index in [0.717, 1.165) is 30.2 Å². The molecular formula is C18H20F2N4O. The van der Waals surface area contributed by atoms with Crippen LogP contribution in [0.3, 0.4) is 0 Å². The van der Waals surface area contributed by atoms with Gasteiger partial charge in [-0.1, -0.05) is 6.07 Å². The molecule has 1 aromatic carbocycles. The van der Waals surface area contributed by atoms with E-state index in [-0.39, 0.29) is 11.9 Å². The van der Waals surface area contributed by atoms with Gasteiger partial charge in [-0.15, -0.1) is 5.10 Å². The molecule has 1 unspecified atom stereocenters. The van der Waals surface area contributed by atoms with Crippen molar-refractivity contribution in [2.45, 2.75) is 32.6 Å². The third-order valence-electron chi connectivity index (χ3n) is 4.59. The maximum absolute atomic E-state index is 13.5. The minimum Gasteiger partial charge on any atom is -0.324 e. The number of halogens is 2. The lowest BCUT2D eigenvalue weighted by Gasteiger charge is -2.33. The summed E-state index contributed by atoms with van der Waals surface area (Å²) in [6.45, 7) is 4.82. The molecule has 132 valence electrons. The number of amides is 2. The Hall–Kier alpha value is -2.57. The summed E-state index contributed by atoms with van der Waals surface area (Å²) in [6.07, 6.45) is 1.63. The first-order valence-corrected chi connectivity index (χ1v) is 8.26. The summed E-state index contributed by atoms with van der Waals surface area (Å²) < 4.78 is 26.6. The molecule has 1 saturated heterocycles. The zero-order valence-corrected chi connectivity index (χ0v) is 14.2. The molecule has 1 N–H and O–H groups in total. The number of rotatable bonds is 2. The summed E-state index contributed by atoms with van der Waals surface area (Å²) in [6, 6.07) is 5.45. The Morgan fingerprint density at radius 3 is 2.72 bits per heavy atom. The zero-order valence-electron chi connectivity index (χ0n) is 14.2. The maximum atomic E-state index is 13.5. The molecule has 1 aromatic heterocycles. The molecule has 25 heavy (non-hydrogen) atoms. The van der Waals surface area contributed by atoms with Gasteiger partial charge in [-0.2, -0.15) is 5.10 Å². The quantitative estimate of drug-likeness (QED) is 0.900. The van der Waals surface area contributed by atoms with E-state index in [2.05, 4.69) is 15.5 Å². The van der Waals surface area contributed by atoms with Gasteiger partial charge < -0.3 is 4.90 Å². The number of likely N-dealkylation sites (tertiary alicyclic amines) is 1. The van der Waals surface area contributed by atoms with Gasteiger partial charge in [0.2, 0.25) is 0 Å². The molecular weight excluding hydrogens is 326 g/mol. The van der Waals surface area contributed by atoms with E-state index in [1.807, 2.05) is 13.8 Å². The number of hydrogen-bond acceptors (Lipinski definition) is 3. The molecule has 5 nitrogen and oxygen atoms in total. The van der Waals surface area contributed by atoms with Crippen LogP contribution in [0.2, 0.25) is 0 Å². The van der Waals surface area contributed by atoms with E-state index >= 15 is 0 Å². The highest BCUT2D eigenvalue weighted by atomic mass is 19.2. The van der Waals surface area contributed by atoms with Gasteiger partial charge in [0, 0.05) is 19.0 Å². The van der Waals surface area contributed by atoms with Crippen LogP contribution in [0.15, 0.2) is 24.3 Å². The van der Waals surface area contributed by atoms with Crippen molar-refractivity contribution < 1.29 is 13.6 Å². The molecule has 1 atom stereocenters. The molecule has 0 aliphatic carbocycles. The van der Waals surface area contributed by atoms with E-state index < -0.39 is 11.6 Å². The van der Waals surface area contributed by atoms with Crippen molar-refractivity contribution in [1.29, 1.82) is 0 Å². The molecule has 0 saturated carbocycles. The molecule has 0 radical (unpaired) electrons. The normalized spacial score (nSPS) is 17.4. The van der Waals surface area contributed by atoms with Crippen LogP contribution in [-0.2, 0) is 0 Å². The minimum absolute atomic E-state index is 0.0135. The predicted octanol–water partition coefficient (Wildman–Crippen LogP) is 3.78. The fraction of sp³-hybridized carbons (Fsp3) is 0.389. The van der Waals surface area contributed by atoms with Crippen molar-refractivity contribution in [3.8, 4) is 0 Å². The second-order valence-corrected chi connectivity index (χ2v) is 6.39. The molecule has 1 aliphatic heterocycles. The molecule has 2 aromatic rings. The molecule has 3 rings (SSSR count). The van der Waals surface area contributed by atoms with Gasteiger partial charge in [-0.05, 0) is 56.0 Å². The number of aryl methyl sites for hydroxylation is 2. The van der Waals surface area contributed by atoms with Crippen LogP contribution in [0.4, 0.5) is 19.4 Å². The molecule has 2 amide bonds. The van der Waals surface area contributed by atoms with E-state index in [1.54, 1.807) is 17.0 Å². The van der Waals surface area contributed by atoms with Gasteiger partial charge in [0.25, 0.3) is 0 Å². The van der Waals surface area contributed by atoms with Crippen molar-refractivity contribution in [1.82, 2.24) is 15.1 Å². The Balaban J connectivity index is 1.68. The summed E-state index contributed by atoms with van der Waals surface area (Å²) in [5.74, 6) is -1.32. The first kappa shape index (κ1) is 17.3. The van der Waals surface area contributed by atoms with Gasteiger partial charge in [-0.3, -0.25) is 5.32 Å². The van der Waals surface area contributed by atoms with E-state index in [1.165, 1.54) is 6.07 Å². The van der Waals surface area contributed by atoms with Crippen molar-refractivity contribution in [3.05, 3.63) is 52.7 Å². The highest BCUT2D eigenvalue weighted by Crippen LogP contribution is 2.28. The number of piperidine rings is 1. The average Bonchev–Trinajstić information content (AvgIpc) is 2.60. The van der Waals surface area contributed by atoms with Crippen LogP contribution in [-0.4, -0.2) is 34.2 Å².